The van der Waals surface area contributed by atoms with E-state index in [1.807, 2.05) is 58.8 Å². The molecular formula is C19H24ClN3O2S. The first-order chi connectivity index (χ1) is 12.0. The summed E-state index contributed by atoms with van der Waals surface area (Å²) in [5.74, 6) is -0.315. The molecule has 0 aliphatic carbocycles. The Morgan fingerprint density at radius 3 is 2.35 bits per heavy atom. The smallest absolute Gasteiger partial charge is 0.266 e. The van der Waals surface area contributed by atoms with Crippen LogP contribution >= 0.6 is 22.9 Å². The van der Waals surface area contributed by atoms with Crippen molar-refractivity contribution in [3.8, 4) is 0 Å². The Balaban J connectivity index is 2.24. The Kier molecular flexibility index (Phi) is 5.98. The fourth-order valence-corrected chi connectivity index (χ4v) is 3.38. The maximum atomic E-state index is 12.7. The van der Waals surface area contributed by atoms with E-state index in [0.29, 0.717) is 20.6 Å². The van der Waals surface area contributed by atoms with E-state index in [4.69, 9.17) is 11.6 Å². The molecule has 2 amide bonds. The quantitative estimate of drug-likeness (QED) is 0.767. The summed E-state index contributed by atoms with van der Waals surface area (Å²) in [5, 5.41) is 7.00. The van der Waals surface area contributed by atoms with Crippen LogP contribution in [0.4, 0.5) is 16.4 Å². The van der Waals surface area contributed by atoms with Crippen LogP contribution in [0.25, 0.3) is 0 Å². The van der Waals surface area contributed by atoms with Gasteiger partial charge in [-0.25, -0.2) is 0 Å². The van der Waals surface area contributed by atoms with E-state index in [9.17, 15) is 9.59 Å². The largest absolute Gasteiger partial charge is 0.376 e. The molecule has 2 rings (SSSR count). The van der Waals surface area contributed by atoms with Crippen molar-refractivity contribution in [1.29, 1.82) is 0 Å². The standard InChI is InChI=1S/C19H24ClN3O2S/c1-11-9-15(22-18(25)19(2,3)4)26-16(11)17(24)21-13-10-12(20)7-8-14(13)23(5)6/h7-10H,1-6H3,(H,21,24)(H,22,25). The number of halogens is 1. The molecular weight excluding hydrogens is 370 g/mol. The predicted molar refractivity (Wildman–Crippen MR) is 111 cm³/mol. The number of thiophene rings is 1. The third-order valence-electron chi connectivity index (χ3n) is 3.73. The van der Waals surface area contributed by atoms with Gasteiger partial charge in [0.2, 0.25) is 5.91 Å². The van der Waals surface area contributed by atoms with Gasteiger partial charge in [-0.3, -0.25) is 9.59 Å². The number of anilines is 3. The normalized spacial score (nSPS) is 11.2. The summed E-state index contributed by atoms with van der Waals surface area (Å²) in [7, 11) is 3.80. The second-order valence-electron chi connectivity index (χ2n) is 7.34. The van der Waals surface area contributed by atoms with E-state index in [2.05, 4.69) is 10.6 Å². The lowest BCUT2D eigenvalue weighted by Crippen LogP contribution is -2.27. The summed E-state index contributed by atoms with van der Waals surface area (Å²) >= 11 is 7.33. The lowest BCUT2D eigenvalue weighted by molar-refractivity contribution is -0.123. The number of nitrogens with zero attached hydrogens (tertiary/aromatic N) is 1. The molecule has 0 spiro atoms. The second kappa shape index (κ2) is 7.68. The van der Waals surface area contributed by atoms with E-state index in [1.54, 1.807) is 12.1 Å². The van der Waals surface area contributed by atoms with Crippen LogP contribution in [0.5, 0.6) is 0 Å². The van der Waals surface area contributed by atoms with Crippen molar-refractivity contribution in [2.75, 3.05) is 29.6 Å². The van der Waals surface area contributed by atoms with Gasteiger partial charge in [0, 0.05) is 24.5 Å². The van der Waals surface area contributed by atoms with Crippen molar-refractivity contribution in [3.05, 3.63) is 39.7 Å². The van der Waals surface area contributed by atoms with Crippen LogP contribution in [0.1, 0.15) is 36.0 Å². The number of nitrogens with one attached hydrogen (secondary N) is 2. The van der Waals surface area contributed by atoms with Crippen LogP contribution < -0.4 is 15.5 Å². The molecule has 26 heavy (non-hydrogen) atoms. The molecule has 0 atom stereocenters. The Morgan fingerprint density at radius 1 is 1.12 bits per heavy atom. The molecule has 0 fully saturated rings. The predicted octanol–water partition coefficient (Wildman–Crippen LogP) is 5.01. The molecule has 2 aromatic rings. The number of carbonyl (C=O) groups excluding carboxylic acids is 2. The van der Waals surface area contributed by atoms with E-state index >= 15 is 0 Å². The van der Waals surface area contributed by atoms with Crippen LogP contribution in [0.3, 0.4) is 0 Å². The van der Waals surface area contributed by atoms with Crippen molar-refractivity contribution in [2.24, 2.45) is 5.41 Å². The number of amides is 2. The van der Waals surface area contributed by atoms with Gasteiger partial charge in [-0.05, 0) is 36.8 Å². The number of aryl methyl sites for hydroxylation is 1. The average Bonchev–Trinajstić information content (AvgIpc) is 2.86. The average molecular weight is 394 g/mol. The first-order valence-electron chi connectivity index (χ1n) is 8.19. The monoisotopic (exact) mass is 393 g/mol. The fraction of sp³-hybridized carbons (Fsp3) is 0.368. The molecule has 1 aromatic heterocycles. The van der Waals surface area contributed by atoms with Crippen LogP contribution in [-0.2, 0) is 4.79 Å². The van der Waals surface area contributed by atoms with Gasteiger partial charge >= 0.3 is 0 Å². The Labute approximate surface area is 163 Å². The lowest BCUT2D eigenvalue weighted by atomic mass is 9.96. The number of hydrogen-bond donors (Lipinski definition) is 2. The Morgan fingerprint density at radius 2 is 1.77 bits per heavy atom. The topological polar surface area (TPSA) is 61.4 Å². The number of hydrogen-bond acceptors (Lipinski definition) is 4. The molecule has 0 aliphatic heterocycles. The minimum atomic E-state index is -0.498. The highest BCUT2D eigenvalue weighted by molar-refractivity contribution is 7.18. The molecule has 0 radical (unpaired) electrons. The van der Waals surface area contributed by atoms with Gasteiger partial charge in [-0.2, -0.15) is 0 Å². The molecule has 0 saturated heterocycles. The highest BCUT2D eigenvalue weighted by Gasteiger charge is 2.23. The molecule has 1 aromatic carbocycles. The molecule has 5 nitrogen and oxygen atoms in total. The van der Waals surface area contributed by atoms with Gasteiger partial charge < -0.3 is 15.5 Å². The molecule has 0 aliphatic rings. The molecule has 0 saturated carbocycles. The number of benzene rings is 1. The van der Waals surface area contributed by atoms with Crippen LogP contribution in [0.2, 0.25) is 5.02 Å². The molecule has 0 bridgehead atoms. The lowest BCUT2D eigenvalue weighted by Gasteiger charge is -2.18. The minimum absolute atomic E-state index is 0.0876. The molecule has 0 unspecified atom stereocenters. The zero-order valence-electron chi connectivity index (χ0n) is 15.9. The second-order valence-corrected chi connectivity index (χ2v) is 8.83. The first kappa shape index (κ1) is 20.3. The first-order valence-corrected chi connectivity index (χ1v) is 9.38. The third-order valence-corrected chi connectivity index (χ3v) is 5.12. The fourth-order valence-electron chi connectivity index (χ4n) is 2.25. The van der Waals surface area contributed by atoms with E-state index in [0.717, 1.165) is 11.3 Å². The van der Waals surface area contributed by atoms with E-state index in [1.165, 1.54) is 11.3 Å². The van der Waals surface area contributed by atoms with Gasteiger partial charge in [0.05, 0.1) is 21.3 Å². The molecule has 7 heteroatoms. The van der Waals surface area contributed by atoms with Crippen LogP contribution in [0, 0.1) is 12.3 Å². The Bertz CT molecular complexity index is 838. The van der Waals surface area contributed by atoms with Gasteiger partial charge in [0.25, 0.3) is 5.91 Å². The van der Waals surface area contributed by atoms with Crippen molar-refractivity contribution < 1.29 is 9.59 Å². The molecule has 140 valence electrons. The van der Waals surface area contributed by atoms with E-state index in [-0.39, 0.29) is 11.8 Å². The van der Waals surface area contributed by atoms with Gasteiger partial charge in [-0.1, -0.05) is 32.4 Å². The SMILES string of the molecule is Cc1cc(NC(=O)C(C)(C)C)sc1C(=O)Nc1cc(Cl)ccc1N(C)C. The van der Waals surface area contributed by atoms with Gasteiger partial charge in [-0.15, -0.1) is 11.3 Å². The number of carbonyl (C=O) groups is 2. The summed E-state index contributed by atoms with van der Waals surface area (Å²) in [6, 6.07) is 7.17. The van der Waals surface area contributed by atoms with Gasteiger partial charge in [0.1, 0.15) is 0 Å². The zero-order chi connectivity index (χ0) is 19.6. The summed E-state index contributed by atoms with van der Waals surface area (Å²) in [5.41, 5.74) is 1.81. The summed E-state index contributed by atoms with van der Waals surface area (Å²) in [6.07, 6.45) is 0. The maximum Gasteiger partial charge on any atom is 0.266 e. The van der Waals surface area contributed by atoms with E-state index < -0.39 is 5.41 Å². The van der Waals surface area contributed by atoms with Crippen molar-refractivity contribution in [3.63, 3.8) is 0 Å². The number of rotatable bonds is 4. The highest BCUT2D eigenvalue weighted by atomic mass is 35.5. The minimum Gasteiger partial charge on any atom is -0.376 e. The molecule has 2 N–H and O–H groups in total. The maximum absolute atomic E-state index is 12.7. The van der Waals surface area contributed by atoms with Crippen LogP contribution in [-0.4, -0.2) is 25.9 Å². The van der Waals surface area contributed by atoms with Crippen molar-refractivity contribution in [2.45, 2.75) is 27.7 Å². The summed E-state index contributed by atoms with van der Waals surface area (Å²) in [4.78, 5) is 27.3. The van der Waals surface area contributed by atoms with Crippen LogP contribution in [0.15, 0.2) is 24.3 Å². The van der Waals surface area contributed by atoms with Crippen molar-refractivity contribution in [1.82, 2.24) is 0 Å². The third kappa shape index (κ3) is 4.77. The highest BCUT2D eigenvalue weighted by Crippen LogP contribution is 2.32. The zero-order valence-corrected chi connectivity index (χ0v) is 17.4. The molecule has 1 heterocycles. The van der Waals surface area contributed by atoms with Gasteiger partial charge in [0.15, 0.2) is 0 Å². The summed E-state index contributed by atoms with van der Waals surface area (Å²) < 4.78 is 0. The summed E-state index contributed by atoms with van der Waals surface area (Å²) in [6.45, 7) is 7.39. The van der Waals surface area contributed by atoms with Crippen molar-refractivity contribution >= 4 is 51.1 Å². The Hall–Kier alpha value is -2.05.